The predicted octanol–water partition coefficient (Wildman–Crippen LogP) is 4.57. The molecule has 1 heterocycles. The van der Waals surface area contributed by atoms with Gasteiger partial charge >= 0.3 is 0 Å². The Kier molecular flexibility index (Phi) is 7.86. The van der Waals surface area contributed by atoms with Gasteiger partial charge in [-0.25, -0.2) is 4.98 Å². The highest BCUT2D eigenvalue weighted by molar-refractivity contribution is 7.99. The Morgan fingerprint density at radius 1 is 1.03 bits per heavy atom. The maximum atomic E-state index is 12.7. The van der Waals surface area contributed by atoms with Crippen LogP contribution >= 0.6 is 11.8 Å². The van der Waals surface area contributed by atoms with E-state index < -0.39 is 0 Å². The molecule has 154 valence electrons. The molecule has 3 rings (SSSR count). The number of thioether (sulfide) groups is 1. The zero-order valence-electron chi connectivity index (χ0n) is 17.2. The van der Waals surface area contributed by atoms with Crippen LogP contribution in [0.2, 0.25) is 0 Å². The van der Waals surface area contributed by atoms with Crippen LogP contribution in [0.1, 0.15) is 37.6 Å². The summed E-state index contributed by atoms with van der Waals surface area (Å²) >= 11 is 1.45. The average molecular weight is 413 g/mol. The van der Waals surface area contributed by atoms with Gasteiger partial charge in [0, 0.05) is 25.2 Å². The third-order valence-electron chi connectivity index (χ3n) is 4.73. The first kappa shape index (κ1) is 21.6. The Bertz CT molecular complexity index is 992. The Hall–Kier alpha value is -2.15. The molecule has 2 aromatic carbocycles. The number of aromatic amines is 1. The van der Waals surface area contributed by atoms with E-state index in [-0.39, 0.29) is 11.8 Å². The van der Waals surface area contributed by atoms with Crippen LogP contribution in [0.15, 0.2) is 52.4 Å². The van der Waals surface area contributed by atoms with Crippen molar-refractivity contribution in [2.24, 2.45) is 0 Å². The maximum absolute atomic E-state index is 12.7. The molecule has 0 saturated heterocycles. The molecule has 0 amide bonds. The predicted molar refractivity (Wildman–Crippen MR) is 119 cm³/mol. The van der Waals surface area contributed by atoms with E-state index in [1.54, 1.807) is 0 Å². The zero-order chi connectivity index (χ0) is 20.6. The molecule has 0 fully saturated rings. The van der Waals surface area contributed by atoms with Crippen LogP contribution in [0.5, 0.6) is 0 Å². The lowest BCUT2D eigenvalue weighted by Gasteiger charge is -2.16. The van der Waals surface area contributed by atoms with Crippen molar-refractivity contribution in [2.45, 2.75) is 45.1 Å². The molecular formula is C23H28N2O3S. The number of ether oxygens (including phenoxy) is 2. The molecule has 29 heavy (non-hydrogen) atoms. The molecule has 5 nitrogen and oxygen atoms in total. The second-order valence-corrected chi connectivity index (χ2v) is 7.62. The number of benzene rings is 2. The normalized spacial score (nSPS) is 11.4. The van der Waals surface area contributed by atoms with Gasteiger partial charge in [-0.1, -0.05) is 61.2 Å². The van der Waals surface area contributed by atoms with Gasteiger partial charge in [-0.05, 0) is 36.6 Å². The minimum absolute atomic E-state index is 0.0652. The summed E-state index contributed by atoms with van der Waals surface area (Å²) in [5, 5.41) is 2.99. The number of fused-ring (bicyclic) bond motifs is 1. The molecule has 0 atom stereocenters. The number of H-pyrrole nitrogens is 1. The van der Waals surface area contributed by atoms with Gasteiger partial charge < -0.3 is 14.5 Å². The Balaban J connectivity index is 1.88. The summed E-state index contributed by atoms with van der Waals surface area (Å²) in [6, 6.07) is 14.6. The van der Waals surface area contributed by atoms with Crippen molar-refractivity contribution in [1.29, 1.82) is 0 Å². The van der Waals surface area contributed by atoms with Gasteiger partial charge in [0.15, 0.2) is 11.4 Å². The molecule has 0 aliphatic heterocycles. The minimum Gasteiger partial charge on any atom is -0.352 e. The molecule has 1 aromatic heterocycles. The van der Waals surface area contributed by atoms with Gasteiger partial charge in [0.1, 0.15) is 0 Å². The van der Waals surface area contributed by atoms with Gasteiger partial charge in [-0.15, -0.1) is 0 Å². The van der Waals surface area contributed by atoms with Gasteiger partial charge in [-0.3, -0.25) is 4.79 Å². The van der Waals surface area contributed by atoms with Crippen LogP contribution in [-0.4, -0.2) is 35.2 Å². The minimum atomic E-state index is -0.312. The first-order valence-electron chi connectivity index (χ1n) is 10.1. The van der Waals surface area contributed by atoms with Crippen molar-refractivity contribution in [1.82, 2.24) is 9.97 Å². The molecule has 0 spiro atoms. The van der Waals surface area contributed by atoms with Crippen molar-refractivity contribution in [3.05, 3.63) is 69.6 Å². The van der Waals surface area contributed by atoms with Crippen LogP contribution in [0.3, 0.4) is 0 Å². The summed E-state index contributed by atoms with van der Waals surface area (Å²) in [4.78, 5) is 20.4. The molecule has 0 unspecified atom stereocenters. The van der Waals surface area contributed by atoms with Crippen LogP contribution < -0.4 is 5.56 Å². The van der Waals surface area contributed by atoms with E-state index in [4.69, 9.17) is 14.5 Å². The lowest BCUT2D eigenvalue weighted by atomic mass is 9.99. The smallest absolute Gasteiger partial charge is 0.254 e. The summed E-state index contributed by atoms with van der Waals surface area (Å²) in [7, 11) is 0. The quantitative estimate of drug-likeness (QED) is 0.300. The third kappa shape index (κ3) is 5.47. The fraction of sp³-hybridized carbons (Fsp3) is 0.391. The van der Waals surface area contributed by atoms with Gasteiger partial charge in [-0.2, -0.15) is 0 Å². The van der Waals surface area contributed by atoms with Crippen LogP contribution in [-0.2, 0) is 22.3 Å². The molecule has 0 aliphatic carbocycles. The van der Waals surface area contributed by atoms with Crippen molar-refractivity contribution in [3.8, 4) is 0 Å². The standard InChI is InChI=1S/C23H28N2O3S/c1-4-18-20(14-17-12-9-11-16-10-7-8-13-19(16)17)24-23(25-22(18)26)29-15-21(27-5-2)28-6-3/h7-13,21H,4-6,14-15H2,1-3H3,(H,24,25,26). The second kappa shape index (κ2) is 10.6. The number of nitrogens with zero attached hydrogens (tertiary/aromatic N) is 1. The molecule has 0 bridgehead atoms. The fourth-order valence-electron chi connectivity index (χ4n) is 3.39. The highest BCUT2D eigenvalue weighted by Gasteiger charge is 2.15. The molecule has 3 aromatic rings. The fourth-order valence-corrected chi connectivity index (χ4v) is 4.22. The molecule has 0 saturated carbocycles. The second-order valence-electron chi connectivity index (χ2n) is 6.62. The van der Waals surface area contributed by atoms with Crippen molar-refractivity contribution < 1.29 is 9.47 Å². The molecular weight excluding hydrogens is 384 g/mol. The number of nitrogens with one attached hydrogen (secondary N) is 1. The van der Waals surface area contributed by atoms with Gasteiger partial charge in [0.2, 0.25) is 0 Å². The topological polar surface area (TPSA) is 64.2 Å². The highest BCUT2D eigenvalue weighted by atomic mass is 32.2. The van der Waals surface area contributed by atoms with Crippen molar-refractivity contribution >= 4 is 22.5 Å². The van der Waals surface area contributed by atoms with E-state index in [0.29, 0.717) is 37.0 Å². The molecule has 1 N–H and O–H groups in total. The SMILES string of the molecule is CCOC(CSc1nc(Cc2cccc3ccccc23)c(CC)c(=O)[nH]1)OCC. The largest absolute Gasteiger partial charge is 0.352 e. The van der Waals surface area contributed by atoms with E-state index in [1.807, 2.05) is 32.9 Å². The molecule has 0 aliphatic rings. The number of hydrogen-bond donors (Lipinski definition) is 1. The van der Waals surface area contributed by atoms with Crippen molar-refractivity contribution in [2.75, 3.05) is 19.0 Å². The van der Waals surface area contributed by atoms with Crippen molar-refractivity contribution in [3.63, 3.8) is 0 Å². The Morgan fingerprint density at radius 2 is 1.76 bits per heavy atom. The Labute approximate surface area is 175 Å². The van der Waals surface area contributed by atoms with Gasteiger partial charge in [0.05, 0.1) is 11.4 Å². The van der Waals surface area contributed by atoms with Crippen LogP contribution in [0, 0.1) is 0 Å². The summed E-state index contributed by atoms with van der Waals surface area (Å²) in [5.41, 5.74) is 2.69. The average Bonchev–Trinajstić information content (AvgIpc) is 2.72. The number of rotatable bonds is 10. The first-order valence-corrected chi connectivity index (χ1v) is 11.1. The molecule has 6 heteroatoms. The summed E-state index contributed by atoms with van der Waals surface area (Å²) in [5.74, 6) is 0.573. The highest BCUT2D eigenvalue weighted by Crippen LogP contribution is 2.23. The zero-order valence-corrected chi connectivity index (χ0v) is 18.1. The first-order chi connectivity index (χ1) is 14.2. The molecule has 0 radical (unpaired) electrons. The van der Waals surface area contributed by atoms with E-state index >= 15 is 0 Å². The third-order valence-corrected chi connectivity index (χ3v) is 5.64. The lowest BCUT2D eigenvalue weighted by molar-refractivity contribution is -0.120. The number of aromatic nitrogens is 2. The summed E-state index contributed by atoms with van der Waals surface area (Å²) in [6.45, 7) is 7.03. The van der Waals surface area contributed by atoms with Gasteiger partial charge in [0.25, 0.3) is 5.56 Å². The summed E-state index contributed by atoms with van der Waals surface area (Å²) in [6.07, 6.45) is 0.962. The van der Waals surface area contributed by atoms with E-state index in [0.717, 1.165) is 11.3 Å². The van der Waals surface area contributed by atoms with E-state index in [2.05, 4.69) is 35.3 Å². The maximum Gasteiger partial charge on any atom is 0.254 e. The van der Waals surface area contributed by atoms with Crippen LogP contribution in [0.4, 0.5) is 0 Å². The summed E-state index contributed by atoms with van der Waals surface area (Å²) < 4.78 is 11.2. The monoisotopic (exact) mass is 412 g/mol. The number of hydrogen-bond acceptors (Lipinski definition) is 5. The lowest BCUT2D eigenvalue weighted by Crippen LogP contribution is -2.22. The van der Waals surface area contributed by atoms with E-state index in [1.165, 1.54) is 28.1 Å². The van der Waals surface area contributed by atoms with E-state index in [9.17, 15) is 4.79 Å². The Morgan fingerprint density at radius 3 is 2.48 bits per heavy atom. The van der Waals surface area contributed by atoms with Crippen LogP contribution in [0.25, 0.3) is 10.8 Å².